The van der Waals surface area contributed by atoms with Crippen molar-refractivity contribution in [2.75, 3.05) is 17.9 Å². The molecule has 0 fully saturated rings. The molecule has 3 N–H and O–H groups in total. The van der Waals surface area contributed by atoms with E-state index in [0.29, 0.717) is 4.88 Å². The van der Waals surface area contributed by atoms with E-state index in [1.807, 2.05) is 4.72 Å². The van der Waals surface area contributed by atoms with Crippen LogP contribution in [0.5, 0.6) is 0 Å². The number of anilines is 1. The van der Waals surface area contributed by atoms with Gasteiger partial charge in [0, 0.05) is 6.42 Å². The second-order valence-corrected chi connectivity index (χ2v) is 5.88. The largest absolute Gasteiger partial charge is 0.402 e. The summed E-state index contributed by atoms with van der Waals surface area (Å²) in [5.74, 6) is 5.22. The zero-order chi connectivity index (χ0) is 15.2. The van der Waals surface area contributed by atoms with E-state index >= 15 is 0 Å². The first kappa shape index (κ1) is 16.7. The summed E-state index contributed by atoms with van der Waals surface area (Å²) in [4.78, 5) is 4.09. The number of aliphatic hydroxyl groups excluding tert-OH is 1. The molecule has 0 saturated carbocycles. The Morgan fingerprint density at radius 1 is 1.45 bits per heavy atom. The van der Waals surface area contributed by atoms with Crippen LogP contribution in [0.3, 0.4) is 0 Å². The summed E-state index contributed by atoms with van der Waals surface area (Å²) in [7, 11) is -4.34. The van der Waals surface area contributed by atoms with Gasteiger partial charge in [-0.1, -0.05) is 23.2 Å². The molecule has 1 heterocycles. The van der Waals surface area contributed by atoms with Gasteiger partial charge in [-0.2, -0.15) is 26.3 Å². The first-order chi connectivity index (χ1) is 9.22. The summed E-state index contributed by atoms with van der Waals surface area (Å²) in [5, 5.41) is 8.42. The minimum atomic E-state index is -4.64. The van der Waals surface area contributed by atoms with Crippen LogP contribution in [-0.4, -0.2) is 37.8 Å². The third-order valence-electron chi connectivity index (χ3n) is 1.64. The lowest BCUT2D eigenvalue weighted by Gasteiger charge is -2.08. The van der Waals surface area contributed by atoms with Crippen LogP contribution in [0.25, 0.3) is 0 Å². The molecule has 0 amide bonds. The zero-order valence-corrected chi connectivity index (χ0v) is 11.5. The molecule has 0 atom stereocenters. The average Bonchev–Trinajstić information content (AvgIpc) is 2.73. The molecule has 0 bridgehead atoms. The fraction of sp³-hybridized carbons (Fsp3) is 0.444. The van der Waals surface area contributed by atoms with Gasteiger partial charge in [-0.15, -0.1) is 0 Å². The maximum atomic E-state index is 11.9. The van der Waals surface area contributed by atoms with Gasteiger partial charge in [-0.3, -0.25) is 0 Å². The molecule has 1 aromatic heterocycles. The Hall–Kier alpha value is -1.35. The number of rotatable bonds is 5. The molecule has 0 aliphatic rings. The molecule has 0 aliphatic heterocycles. The summed E-state index contributed by atoms with van der Waals surface area (Å²) in [6.45, 7) is -1.77. The number of halogens is 3. The van der Waals surface area contributed by atoms with Gasteiger partial charge in [0.15, 0.2) is 5.13 Å². The lowest BCUT2D eigenvalue weighted by Crippen LogP contribution is -2.37. The number of nitrogens with zero attached hydrogens (tertiary/aromatic N) is 1. The Morgan fingerprint density at radius 2 is 2.15 bits per heavy atom. The minimum absolute atomic E-state index is 0.104. The second-order valence-electron chi connectivity index (χ2n) is 3.35. The second kappa shape index (κ2) is 6.89. The van der Waals surface area contributed by atoms with Crippen LogP contribution in [0.1, 0.15) is 11.3 Å². The zero-order valence-electron chi connectivity index (χ0n) is 9.86. The van der Waals surface area contributed by atoms with Crippen molar-refractivity contribution >= 4 is 26.7 Å². The normalized spacial score (nSPS) is 11.8. The first-order valence-corrected chi connectivity index (χ1v) is 7.41. The van der Waals surface area contributed by atoms with E-state index in [2.05, 4.69) is 16.8 Å². The monoisotopic (exact) mass is 329 g/mol. The molecule has 1 aromatic rings. The number of alkyl halides is 3. The molecule has 1 rings (SSSR count). The lowest BCUT2D eigenvalue weighted by molar-refractivity contribution is -0.121. The number of thiazole rings is 1. The number of aliphatic hydroxyl groups is 1. The van der Waals surface area contributed by atoms with Crippen molar-refractivity contribution in [2.24, 2.45) is 0 Å². The van der Waals surface area contributed by atoms with E-state index in [4.69, 9.17) is 5.11 Å². The van der Waals surface area contributed by atoms with Crippen LogP contribution in [0.2, 0.25) is 0 Å². The Morgan fingerprint density at radius 3 is 2.75 bits per heavy atom. The lowest BCUT2D eigenvalue weighted by atomic mass is 10.4. The van der Waals surface area contributed by atoms with Crippen molar-refractivity contribution in [3.8, 4) is 11.8 Å². The summed E-state index contributed by atoms with van der Waals surface area (Å²) < 4.78 is 61.5. The van der Waals surface area contributed by atoms with E-state index in [0.717, 1.165) is 11.3 Å². The number of hydrogen-bond acceptors (Lipinski definition) is 5. The maximum Gasteiger partial charge on any atom is 0.402 e. The highest BCUT2D eigenvalue weighted by molar-refractivity contribution is 7.91. The smallest absolute Gasteiger partial charge is 0.395 e. The predicted octanol–water partition coefficient (Wildman–Crippen LogP) is 0.686. The molecule has 0 radical (unpaired) electrons. The highest BCUT2D eigenvalue weighted by Gasteiger charge is 2.29. The molecule has 0 saturated heterocycles. The number of aromatic nitrogens is 1. The number of hydrogen-bond donors (Lipinski definition) is 3. The third-order valence-corrected chi connectivity index (χ3v) is 3.58. The van der Waals surface area contributed by atoms with Gasteiger partial charge in [-0.25, -0.2) is 9.71 Å². The fourth-order valence-corrected chi connectivity index (χ4v) is 2.66. The van der Waals surface area contributed by atoms with Gasteiger partial charge < -0.3 is 5.11 Å². The van der Waals surface area contributed by atoms with Crippen molar-refractivity contribution < 1.29 is 26.7 Å². The Kier molecular flexibility index (Phi) is 5.75. The predicted molar refractivity (Wildman–Crippen MR) is 67.3 cm³/mol. The molecular formula is C9H10F3N3O3S2. The summed E-state index contributed by atoms with van der Waals surface area (Å²) >= 11 is 0.866. The fourth-order valence-electron chi connectivity index (χ4n) is 0.912. The van der Waals surface area contributed by atoms with Crippen molar-refractivity contribution in [1.82, 2.24) is 9.71 Å². The van der Waals surface area contributed by atoms with Crippen molar-refractivity contribution in [1.29, 1.82) is 0 Å². The van der Waals surface area contributed by atoms with Gasteiger partial charge in [0.1, 0.15) is 6.54 Å². The number of nitrogens with one attached hydrogen (secondary N) is 2. The van der Waals surface area contributed by atoms with E-state index < -0.39 is 22.9 Å². The molecule has 0 unspecified atom stereocenters. The van der Waals surface area contributed by atoms with Gasteiger partial charge in [0.25, 0.3) is 0 Å². The molecule has 0 aliphatic carbocycles. The van der Waals surface area contributed by atoms with E-state index in [1.54, 1.807) is 0 Å². The van der Waals surface area contributed by atoms with Gasteiger partial charge in [0.05, 0.1) is 17.7 Å². The van der Waals surface area contributed by atoms with Crippen LogP contribution in [0.4, 0.5) is 18.3 Å². The van der Waals surface area contributed by atoms with Crippen molar-refractivity contribution in [3.05, 3.63) is 11.1 Å². The first-order valence-electron chi connectivity index (χ1n) is 5.11. The molecule has 112 valence electrons. The highest BCUT2D eigenvalue weighted by Crippen LogP contribution is 2.18. The third kappa shape index (κ3) is 6.71. The topological polar surface area (TPSA) is 91.3 Å². The van der Waals surface area contributed by atoms with Gasteiger partial charge >= 0.3 is 16.4 Å². The van der Waals surface area contributed by atoms with E-state index in [-0.39, 0.29) is 18.2 Å². The molecule has 0 spiro atoms. The van der Waals surface area contributed by atoms with Crippen LogP contribution >= 0.6 is 11.3 Å². The SMILES string of the molecule is O=S(=O)(NCC(F)(F)F)Nc1ncc(C#CCCO)s1. The van der Waals surface area contributed by atoms with Crippen molar-refractivity contribution in [2.45, 2.75) is 12.6 Å². The van der Waals surface area contributed by atoms with E-state index in [9.17, 15) is 21.6 Å². The molecule has 11 heteroatoms. The van der Waals surface area contributed by atoms with Crippen LogP contribution in [0, 0.1) is 11.8 Å². The van der Waals surface area contributed by atoms with E-state index in [1.165, 1.54) is 10.9 Å². The molecular weight excluding hydrogens is 319 g/mol. The average molecular weight is 329 g/mol. The maximum absolute atomic E-state index is 11.9. The molecule has 6 nitrogen and oxygen atoms in total. The summed E-state index contributed by atoms with van der Waals surface area (Å²) in [5.41, 5.74) is 0. The van der Waals surface area contributed by atoms with Gasteiger partial charge in [0.2, 0.25) is 0 Å². The van der Waals surface area contributed by atoms with Crippen LogP contribution < -0.4 is 9.44 Å². The minimum Gasteiger partial charge on any atom is -0.395 e. The summed E-state index contributed by atoms with van der Waals surface area (Å²) in [6, 6.07) is 0. The quantitative estimate of drug-likeness (QED) is 0.693. The van der Waals surface area contributed by atoms with Crippen molar-refractivity contribution in [3.63, 3.8) is 0 Å². The standard InChI is InChI=1S/C9H10F3N3O3S2/c10-9(11,12)6-14-20(17,18)15-8-13-5-7(19-8)3-1-2-4-16/h5,14,16H,2,4,6H2,(H,13,15). The van der Waals surface area contributed by atoms with Crippen LogP contribution in [0.15, 0.2) is 6.20 Å². The van der Waals surface area contributed by atoms with Crippen LogP contribution in [-0.2, 0) is 10.2 Å². The summed E-state index contributed by atoms with van der Waals surface area (Å²) in [6.07, 6.45) is -3.11. The molecule has 20 heavy (non-hydrogen) atoms. The Labute approximate surface area is 117 Å². The Balaban J connectivity index is 2.63. The Bertz CT molecular complexity index is 601. The highest BCUT2D eigenvalue weighted by atomic mass is 32.2. The molecule has 0 aromatic carbocycles. The van der Waals surface area contributed by atoms with Gasteiger partial charge in [-0.05, 0) is 0 Å².